The maximum absolute atomic E-state index is 12.1. The van der Waals surface area contributed by atoms with Crippen molar-refractivity contribution in [2.24, 2.45) is 0 Å². The molecule has 3 nitrogen and oxygen atoms in total. The topological polar surface area (TPSA) is 40.5 Å². The van der Waals surface area contributed by atoms with Crippen LogP contribution in [-0.2, 0) is 11.2 Å². The average Bonchev–Trinajstić information content (AvgIpc) is 2.55. The van der Waals surface area contributed by atoms with Crippen molar-refractivity contribution in [3.8, 4) is 0 Å². The second-order valence-electron chi connectivity index (χ2n) is 4.90. The lowest BCUT2D eigenvalue weighted by atomic mass is 10.0. The first kappa shape index (κ1) is 13.3. The lowest BCUT2D eigenvalue weighted by Crippen LogP contribution is -2.28. The Balaban J connectivity index is 1.80. The minimum Gasteiger partial charge on any atom is -0.281 e. The lowest BCUT2D eigenvalue weighted by Gasteiger charge is -2.15. The smallest absolute Gasteiger partial charge is 0.255 e. The molecule has 0 aliphatic rings. The van der Waals surface area contributed by atoms with E-state index in [-0.39, 0.29) is 12.3 Å². The van der Waals surface area contributed by atoms with Gasteiger partial charge >= 0.3 is 0 Å². The Kier molecular flexibility index (Phi) is 3.67. The molecule has 3 aromatic carbocycles. The third-order valence-electron chi connectivity index (χ3n) is 3.41. The van der Waals surface area contributed by atoms with Gasteiger partial charge in [-0.05, 0) is 28.5 Å². The van der Waals surface area contributed by atoms with E-state index in [0.717, 1.165) is 16.3 Å². The monoisotopic (exact) mass is 277 g/mol. The lowest BCUT2D eigenvalue weighted by molar-refractivity contribution is -0.122. The Morgan fingerprint density at radius 1 is 0.857 bits per heavy atom. The number of fused-ring (bicyclic) bond motifs is 1. The van der Waals surface area contributed by atoms with Gasteiger partial charge in [-0.3, -0.25) is 10.0 Å². The predicted molar refractivity (Wildman–Crippen MR) is 83.4 cm³/mol. The number of hydroxylamine groups is 1. The van der Waals surface area contributed by atoms with Crippen LogP contribution in [0.15, 0.2) is 72.8 Å². The first-order valence-electron chi connectivity index (χ1n) is 6.78. The molecule has 21 heavy (non-hydrogen) atoms. The van der Waals surface area contributed by atoms with Crippen LogP contribution in [-0.4, -0.2) is 11.1 Å². The van der Waals surface area contributed by atoms with Gasteiger partial charge < -0.3 is 0 Å². The van der Waals surface area contributed by atoms with Crippen LogP contribution in [0, 0.1) is 0 Å². The number of amides is 1. The molecule has 0 saturated carbocycles. The van der Waals surface area contributed by atoms with Crippen LogP contribution in [0.25, 0.3) is 10.8 Å². The molecular formula is C18H15NO2. The van der Waals surface area contributed by atoms with Crippen molar-refractivity contribution >= 4 is 22.4 Å². The molecule has 104 valence electrons. The predicted octanol–water partition coefficient (Wildman–Crippen LogP) is 3.80. The van der Waals surface area contributed by atoms with Gasteiger partial charge in [-0.1, -0.05) is 60.7 Å². The number of para-hydroxylation sites is 1. The summed E-state index contributed by atoms with van der Waals surface area (Å²) in [6, 6.07) is 22.7. The van der Waals surface area contributed by atoms with Crippen molar-refractivity contribution in [2.75, 3.05) is 5.06 Å². The van der Waals surface area contributed by atoms with Crippen LogP contribution in [0.3, 0.4) is 0 Å². The fourth-order valence-corrected chi connectivity index (χ4v) is 2.31. The quantitative estimate of drug-likeness (QED) is 0.584. The molecule has 0 spiro atoms. The Labute approximate surface area is 123 Å². The minimum atomic E-state index is -0.350. The van der Waals surface area contributed by atoms with E-state index in [9.17, 15) is 10.0 Å². The zero-order valence-electron chi connectivity index (χ0n) is 11.4. The summed E-state index contributed by atoms with van der Waals surface area (Å²) in [4.78, 5) is 12.1. The zero-order chi connectivity index (χ0) is 14.7. The highest BCUT2D eigenvalue weighted by atomic mass is 16.5. The Hall–Kier alpha value is -2.65. The van der Waals surface area contributed by atoms with Crippen LogP contribution in [0.4, 0.5) is 5.69 Å². The zero-order valence-corrected chi connectivity index (χ0v) is 11.4. The standard InChI is InChI=1S/C18H15NO2/c20-18(19(21)17-8-2-1-3-9-17)13-14-10-11-15-6-4-5-7-16(15)12-14/h1-12,21H,13H2. The molecule has 0 bridgehead atoms. The van der Waals surface area contributed by atoms with Gasteiger partial charge in [0, 0.05) is 0 Å². The van der Waals surface area contributed by atoms with Crippen LogP contribution < -0.4 is 5.06 Å². The Bertz CT molecular complexity index is 768. The van der Waals surface area contributed by atoms with Crippen LogP contribution in [0.1, 0.15) is 5.56 Å². The molecule has 0 atom stereocenters. The first-order valence-corrected chi connectivity index (χ1v) is 6.78. The van der Waals surface area contributed by atoms with Crippen LogP contribution in [0.2, 0.25) is 0 Å². The van der Waals surface area contributed by atoms with Gasteiger partial charge in [0.25, 0.3) is 5.91 Å². The number of anilines is 1. The number of hydrogen-bond acceptors (Lipinski definition) is 2. The van der Waals surface area contributed by atoms with Gasteiger partial charge in [-0.15, -0.1) is 0 Å². The molecule has 1 N–H and O–H groups in total. The Morgan fingerprint density at radius 3 is 2.29 bits per heavy atom. The molecular weight excluding hydrogens is 262 g/mol. The second-order valence-corrected chi connectivity index (χ2v) is 4.90. The molecule has 0 aliphatic carbocycles. The maximum Gasteiger partial charge on any atom is 0.255 e. The molecule has 0 aromatic heterocycles. The van der Waals surface area contributed by atoms with Gasteiger partial charge in [0.2, 0.25) is 0 Å². The van der Waals surface area contributed by atoms with E-state index in [1.54, 1.807) is 24.3 Å². The van der Waals surface area contributed by atoms with Crippen molar-refractivity contribution in [3.05, 3.63) is 78.4 Å². The van der Waals surface area contributed by atoms with E-state index >= 15 is 0 Å². The van der Waals surface area contributed by atoms with Crippen molar-refractivity contribution in [2.45, 2.75) is 6.42 Å². The van der Waals surface area contributed by atoms with E-state index in [0.29, 0.717) is 10.8 Å². The first-order chi connectivity index (χ1) is 10.2. The van der Waals surface area contributed by atoms with E-state index < -0.39 is 0 Å². The molecule has 0 saturated heterocycles. The Morgan fingerprint density at radius 2 is 1.52 bits per heavy atom. The summed E-state index contributed by atoms with van der Waals surface area (Å²) in [5.74, 6) is -0.350. The molecule has 1 amide bonds. The van der Waals surface area contributed by atoms with E-state index in [4.69, 9.17) is 0 Å². The normalized spacial score (nSPS) is 10.5. The molecule has 0 heterocycles. The third-order valence-corrected chi connectivity index (χ3v) is 3.41. The number of nitrogens with zero attached hydrogens (tertiary/aromatic N) is 1. The molecule has 0 aliphatic heterocycles. The number of benzene rings is 3. The third kappa shape index (κ3) is 2.93. The highest BCUT2D eigenvalue weighted by molar-refractivity contribution is 5.93. The van der Waals surface area contributed by atoms with Gasteiger partial charge in [-0.25, -0.2) is 0 Å². The largest absolute Gasteiger partial charge is 0.281 e. The summed E-state index contributed by atoms with van der Waals surface area (Å²) in [7, 11) is 0. The molecule has 3 rings (SSSR count). The van der Waals surface area contributed by atoms with Gasteiger partial charge in [-0.2, -0.15) is 5.06 Å². The number of rotatable bonds is 3. The van der Waals surface area contributed by atoms with E-state index in [2.05, 4.69) is 0 Å². The summed E-state index contributed by atoms with van der Waals surface area (Å²) in [6.07, 6.45) is 0.163. The fourth-order valence-electron chi connectivity index (χ4n) is 2.31. The molecule has 3 aromatic rings. The van der Waals surface area contributed by atoms with E-state index in [1.165, 1.54) is 0 Å². The average molecular weight is 277 g/mol. The molecule has 0 radical (unpaired) electrons. The number of carbonyl (C=O) groups excluding carboxylic acids is 1. The van der Waals surface area contributed by atoms with Crippen LogP contribution >= 0.6 is 0 Å². The van der Waals surface area contributed by atoms with Crippen molar-refractivity contribution < 1.29 is 10.0 Å². The summed E-state index contributed by atoms with van der Waals surface area (Å²) in [6.45, 7) is 0. The summed E-state index contributed by atoms with van der Waals surface area (Å²) >= 11 is 0. The second kappa shape index (κ2) is 5.77. The minimum absolute atomic E-state index is 0.163. The van der Waals surface area contributed by atoms with Crippen LogP contribution in [0.5, 0.6) is 0 Å². The number of hydrogen-bond donors (Lipinski definition) is 1. The summed E-state index contributed by atoms with van der Waals surface area (Å²) in [5, 5.41) is 12.9. The summed E-state index contributed by atoms with van der Waals surface area (Å²) < 4.78 is 0. The molecule has 0 unspecified atom stereocenters. The van der Waals surface area contributed by atoms with Gasteiger partial charge in [0.1, 0.15) is 0 Å². The fraction of sp³-hybridized carbons (Fsp3) is 0.0556. The SMILES string of the molecule is O=C(Cc1ccc2ccccc2c1)N(O)c1ccccc1. The van der Waals surface area contributed by atoms with Crippen molar-refractivity contribution in [3.63, 3.8) is 0 Å². The highest BCUT2D eigenvalue weighted by Crippen LogP contribution is 2.17. The summed E-state index contributed by atoms with van der Waals surface area (Å²) in [5.41, 5.74) is 1.36. The van der Waals surface area contributed by atoms with Crippen molar-refractivity contribution in [1.29, 1.82) is 0 Å². The number of carbonyl (C=O) groups is 1. The van der Waals surface area contributed by atoms with Crippen molar-refractivity contribution in [1.82, 2.24) is 0 Å². The highest BCUT2D eigenvalue weighted by Gasteiger charge is 2.13. The maximum atomic E-state index is 12.1. The molecule has 0 fully saturated rings. The van der Waals surface area contributed by atoms with Gasteiger partial charge in [0.15, 0.2) is 0 Å². The molecule has 3 heteroatoms. The van der Waals surface area contributed by atoms with Gasteiger partial charge in [0.05, 0.1) is 12.1 Å². The van der Waals surface area contributed by atoms with E-state index in [1.807, 2.05) is 48.5 Å².